The summed E-state index contributed by atoms with van der Waals surface area (Å²) in [6.45, 7) is 7.30. The van der Waals surface area contributed by atoms with Crippen LogP contribution < -0.4 is 15.5 Å². The van der Waals surface area contributed by atoms with Crippen LogP contribution in [0.3, 0.4) is 0 Å². The van der Waals surface area contributed by atoms with E-state index in [9.17, 15) is 10.1 Å². The van der Waals surface area contributed by atoms with Gasteiger partial charge in [0.2, 0.25) is 10.1 Å². The number of aryl methyl sites for hydroxylation is 2. The average Bonchev–Trinajstić information content (AvgIpc) is 3.63. The SMILES string of the molecule is CCc1nc2sc(N3CCC4(CN(C(N)=O)C4)C3)nn2c1N(C)c1nc(-c2ccc(C)cc2)c(C#N)s1. The van der Waals surface area contributed by atoms with Gasteiger partial charge in [-0.3, -0.25) is 0 Å². The average molecular weight is 534 g/mol. The van der Waals surface area contributed by atoms with Crippen molar-refractivity contribution >= 4 is 49.7 Å². The number of nitrogens with two attached hydrogens (primary N) is 1. The van der Waals surface area contributed by atoms with Gasteiger partial charge < -0.3 is 20.4 Å². The number of nitriles is 1. The third-order valence-electron chi connectivity index (χ3n) is 7.29. The molecule has 0 bridgehead atoms. The summed E-state index contributed by atoms with van der Waals surface area (Å²) in [5.41, 5.74) is 9.27. The lowest BCUT2D eigenvalue weighted by molar-refractivity contribution is 0.0535. The van der Waals surface area contributed by atoms with Crippen molar-refractivity contribution in [2.45, 2.75) is 26.7 Å². The summed E-state index contributed by atoms with van der Waals surface area (Å²) in [5, 5.41) is 16.4. The summed E-state index contributed by atoms with van der Waals surface area (Å²) in [7, 11) is 1.96. The minimum atomic E-state index is -0.344. The van der Waals surface area contributed by atoms with E-state index in [1.165, 1.54) is 11.3 Å². The molecule has 4 aromatic rings. The number of fused-ring (bicyclic) bond motifs is 1. The van der Waals surface area contributed by atoms with Crippen LogP contribution >= 0.6 is 22.7 Å². The van der Waals surface area contributed by atoms with Crippen LogP contribution in [0.25, 0.3) is 16.2 Å². The molecule has 3 aromatic heterocycles. The minimum absolute atomic E-state index is 0.109. The fourth-order valence-corrected chi connectivity index (χ4v) is 7.06. The highest BCUT2D eigenvalue weighted by atomic mass is 32.1. The molecule has 6 rings (SSSR count). The molecule has 37 heavy (non-hydrogen) atoms. The highest BCUT2D eigenvalue weighted by molar-refractivity contribution is 7.20. The van der Waals surface area contributed by atoms with Gasteiger partial charge in [-0.05, 0) is 19.8 Å². The Labute approximate surface area is 222 Å². The van der Waals surface area contributed by atoms with E-state index >= 15 is 0 Å². The van der Waals surface area contributed by atoms with Crippen LogP contribution in [0, 0.1) is 23.7 Å². The first-order chi connectivity index (χ1) is 17.8. The third-order valence-corrected chi connectivity index (χ3v) is 9.30. The summed E-state index contributed by atoms with van der Waals surface area (Å²) in [4.78, 5) is 28.6. The molecule has 2 saturated heterocycles. The number of nitrogens with zero attached hydrogens (tertiary/aromatic N) is 8. The maximum Gasteiger partial charge on any atom is 0.314 e. The number of urea groups is 1. The van der Waals surface area contributed by atoms with Crippen molar-refractivity contribution in [3.05, 3.63) is 40.4 Å². The molecule has 5 heterocycles. The first-order valence-electron chi connectivity index (χ1n) is 12.2. The molecule has 1 spiro atoms. The van der Waals surface area contributed by atoms with Crippen molar-refractivity contribution in [1.29, 1.82) is 5.26 Å². The molecule has 0 unspecified atom stereocenters. The zero-order valence-electron chi connectivity index (χ0n) is 20.9. The number of amides is 2. The van der Waals surface area contributed by atoms with E-state index in [-0.39, 0.29) is 11.4 Å². The molecule has 2 aliphatic heterocycles. The molecule has 10 nitrogen and oxygen atoms in total. The predicted octanol–water partition coefficient (Wildman–Crippen LogP) is 4.02. The van der Waals surface area contributed by atoms with E-state index in [1.54, 1.807) is 16.2 Å². The lowest BCUT2D eigenvalue weighted by Gasteiger charge is -2.46. The van der Waals surface area contributed by atoms with Gasteiger partial charge in [0.1, 0.15) is 16.6 Å². The first kappa shape index (κ1) is 23.7. The Morgan fingerprint density at radius 3 is 2.65 bits per heavy atom. The molecule has 0 radical (unpaired) electrons. The Morgan fingerprint density at radius 1 is 1.22 bits per heavy atom. The van der Waals surface area contributed by atoms with Gasteiger partial charge in [-0.15, -0.1) is 5.10 Å². The number of hydrogen-bond donors (Lipinski definition) is 1. The maximum absolute atomic E-state index is 11.5. The Balaban J connectivity index is 1.31. The number of primary amides is 1. The van der Waals surface area contributed by atoms with Crippen LogP contribution in [-0.2, 0) is 6.42 Å². The van der Waals surface area contributed by atoms with Crippen LogP contribution in [0.4, 0.5) is 20.9 Å². The summed E-state index contributed by atoms with van der Waals surface area (Å²) >= 11 is 2.95. The summed E-state index contributed by atoms with van der Waals surface area (Å²) < 4.78 is 1.90. The lowest BCUT2D eigenvalue weighted by Crippen LogP contribution is -2.60. The van der Waals surface area contributed by atoms with Gasteiger partial charge in [0.15, 0.2) is 10.9 Å². The lowest BCUT2D eigenvalue weighted by atomic mass is 9.79. The van der Waals surface area contributed by atoms with Crippen molar-refractivity contribution in [1.82, 2.24) is 24.5 Å². The number of benzene rings is 1. The molecule has 0 aliphatic carbocycles. The zero-order chi connectivity index (χ0) is 25.9. The van der Waals surface area contributed by atoms with E-state index < -0.39 is 0 Å². The largest absolute Gasteiger partial charge is 0.351 e. The zero-order valence-corrected chi connectivity index (χ0v) is 22.6. The molecule has 12 heteroatoms. The number of thiazole rings is 1. The number of aromatic nitrogens is 4. The number of carbonyl (C=O) groups excluding carboxylic acids is 1. The van der Waals surface area contributed by atoms with Crippen molar-refractivity contribution < 1.29 is 4.79 Å². The molecular weight excluding hydrogens is 506 g/mol. The van der Waals surface area contributed by atoms with Crippen LogP contribution in [0.1, 0.15) is 29.5 Å². The van der Waals surface area contributed by atoms with Gasteiger partial charge in [0.05, 0.1) is 5.69 Å². The standard InChI is InChI=1S/C25H27N9OS2/c1-4-17-20(31(3)22-29-19(18(11-26)36-22)16-7-5-15(2)6-8-16)34-23(28-17)37-24(30-34)32-10-9-25(12-32)13-33(14-25)21(27)35/h5-8H,4,9-10,12-14H2,1-3H3,(H2,27,35). The molecule has 2 N–H and O–H groups in total. The molecule has 190 valence electrons. The molecule has 0 saturated carbocycles. The van der Waals surface area contributed by atoms with E-state index in [4.69, 9.17) is 20.8 Å². The molecule has 1 aromatic carbocycles. The monoisotopic (exact) mass is 533 g/mol. The van der Waals surface area contributed by atoms with Gasteiger partial charge in [0.25, 0.3) is 0 Å². The maximum atomic E-state index is 11.5. The summed E-state index contributed by atoms with van der Waals surface area (Å²) in [6, 6.07) is 10.0. The smallest absolute Gasteiger partial charge is 0.314 e. The third kappa shape index (κ3) is 3.89. The van der Waals surface area contributed by atoms with E-state index in [0.29, 0.717) is 23.7 Å². The molecule has 0 atom stereocenters. The minimum Gasteiger partial charge on any atom is -0.351 e. The second-order valence-corrected chi connectivity index (χ2v) is 11.8. The Hall–Kier alpha value is -3.69. The second kappa shape index (κ2) is 8.71. The van der Waals surface area contributed by atoms with Gasteiger partial charge in [-0.25, -0.2) is 14.8 Å². The van der Waals surface area contributed by atoms with Crippen molar-refractivity contribution in [2.75, 3.05) is 43.0 Å². The topological polar surface area (TPSA) is 120 Å². The number of likely N-dealkylation sites (tertiary alicyclic amines) is 1. The van der Waals surface area contributed by atoms with Crippen LogP contribution in [0.15, 0.2) is 24.3 Å². The van der Waals surface area contributed by atoms with Gasteiger partial charge in [-0.2, -0.15) is 9.78 Å². The van der Waals surface area contributed by atoms with E-state index in [0.717, 1.165) is 63.8 Å². The van der Waals surface area contributed by atoms with Crippen LogP contribution in [0.5, 0.6) is 0 Å². The second-order valence-electron chi connectivity index (χ2n) is 9.89. The molecule has 2 fully saturated rings. The van der Waals surface area contributed by atoms with E-state index in [2.05, 4.69) is 17.9 Å². The fourth-order valence-electron chi connectivity index (χ4n) is 5.27. The number of carbonyl (C=O) groups is 1. The molecular formula is C25H27N9OS2. The van der Waals surface area contributed by atoms with Crippen molar-refractivity contribution in [3.8, 4) is 17.3 Å². The van der Waals surface area contributed by atoms with Crippen LogP contribution in [0.2, 0.25) is 0 Å². The summed E-state index contributed by atoms with van der Waals surface area (Å²) in [5.74, 6) is 0.867. The van der Waals surface area contributed by atoms with Gasteiger partial charge >= 0.3 is 6.03 Å². The highest BCUT2D eigenvalue weighted by Crippen LogP contribution is 2.43. The summed E-state index contributed by atoms with van der Waals surface area (Å²) in [6.07, 6.45) is 1.77. The fraction of sp³-hybridized carbons (Fsp3) is 0.400. The number of rotatable bonds is 5. The van der Waals surface area contributed by atoms with Gasteiger partial charge in [-0.1, -0.05) is 59.4 Å². The van der Waals surface area contributed by atoms with Gasteiger partial charge in [0, 0.05) is 44.2 Å². The predicted molar refractivity (Wildman–Crippen MR) is 146 cm³/mol. The first-order valence-corrected chi connectivity index (χ1v) is 13.8. The number of anilines is 3. The quantitative estimate of drug-likeness (QED) is 0.411. The molecule has 2 aliphatic rings. The van der Waals surface area contributed by atoms with Crippen LogP contribution in [-0.4, -0.2) is 63.7 Å². The Bertz CT molecular complexity index is 1540. The Morgan fingerprint density at radius 2 is 1.97 bits per heavy atom. The highest BCUT2D eigenvalue weighted by Gasteiger charge is 2.49. The van der Waals surface area contributed by atoms with Crippen molar-refractivity contribution in [2.24, 2.45) is 11.1 Å². The van der Waals surface area contributed by atoms with E-state index in [1.807, 2.05) is 47.7 Å². The Kier molecular flexibility index (Phi) is 5.58. The van der Waals surface area contributed by atoms with Crippen molar-refractivity contribution in [3.63, 3.8) is 0 Å². The number of imidazole rings is 1. The molecule has 2 amide bonds. The normalized spacial score (nSPS) is 16.4. The number of hydrogen-bond acceptors (Lipinski definition) is 9.